The Kier molecular flexibility index (Phi) is 10.4. The average Bonchev–Trinajstić information content (AvgIpc) is 3.05. The highest BCUT2D eigenvalue weighted by atomic mass is 16.6. The van der Waals surface area contributed by atoms with Gasteiger partial charge in [0.25, 0.3) is 17.7 Å². The molecule has 1 fully saturated rings. The number of hydrogen-bond acceptors (Lipinski definition) is 15. The van der Waals surface area contributed by atoms with Crippen molar-refractivity contribution in [2.75, 3.05) is 19.8 Å². The first-order valence-corrected chi connectivity index (χ1v) is 13.7. The van der Waals surface area contributed by atoms with Gasteiger partial charge in [0.05, 0.1) is 11.1 Å². The molecule has 1 heterocycles. The van der Waals surface area contributed by atoms with Crippen molar-refractivity contribution in [2.24, 2.45) is 0 Å². The summed E-state index contributed by atoms with van der Waals surface area (Å²) < 4.78 is 15.2. The molecule has 0 aromatic heterocycles. The highest BCUT2D eigenvalue weighted by molar-refractivity contribution is 6.01. The van der Waals surface area contributed by atoms with Crippen LogP contribution in [0.5, 0.6) is 34.5 Å². The van der Waals surface area contributed by atoms with Crippen molar-refractivity contribution < 1.29 is 73.6 Å². The minimum absolute atomic E-state index is 0.496. The molecular weight excluding hydrogens is 642 g/mol. The molecule has 18 heteroatoms. The summed E-state index contributed by atoms with van der Waals surface area (Å²) in [6, 6.07) is 4.40. The fourth-order valence-corrected chi connectivity index (χ4v) is 4.14. The molecule has 3 amide bonds. The van der Waals surface area contributed by atoms with E-state index in [0.29, 0.717) is 0 Å². The summed E-state index contributed by atoms with van der Waals surface area (Å²) in [5.74, 6) is -12.4. The summed E-state index contributed by atoms with van der Waals surface area (Å²) in [6.45, 7) is -2.89. The van der Waals surface area contributed by atoms with E-state index in [1.165, 1.54) is 18.2 Å². The number of ether oxygens (including phenoxy) is 3. The molecule has 48 heavy (non-hydrogen) atoms. The number of carbonyl (C=O) groups is 6. The Bertz CT molecular complexity index is 1570. The number of esters is 3. The normalized spacial score (nSPS) is 18.5. The maximum atomic E-state index is 13.1. The van der Waals surface area contributed by atoms with Crippen LogP contribution in [0.3, 0.4) is 0 Å². The van der Waals surface area contributed by atoms with Gasteiger partial charge in [-0.2, -0.15) is 0 Å². The molecule has 0 saturated carbocycles. The largest absolute Gasteiger partial charge is 0.869 e. The van der Waals surface area contributed by atoms with Gasteiger partial charge >= 0.3 is 17.9 Å². The van der Waals surface area contributed by atoms with Crippen LogP contribution in [0.25, 0.3) is 0 Å². The summed E-state index contributed by atoms with van der Waals surface area (Å²) in [5, 5.41) is 67.9. The minimum Gasteiger partial charge on any atom is -0.869 e. The molecule has 3 atom stereocenters. The molecule has 18 nitrogen and oxygen atoms in total. The van der Waals surface area contributed by atoms with Crippen LogP contribution < -0.4 is 21.1 Å². The lowest BCUT2D eigenvalue weighted by Crippen LogP contribution is -2.52. The summed E-state index contributed by atoms with van der Waals surface area (Å²) in [7, 11) is 0. The van der Waals surface area contributed by atoms with Crippen molar-refractivity contribution in [1.82, 2.24) is 16.0 Å². The van der Waals surface area contributed by atoms with Gasteiger partial charge in [0.2, 0.25) is 0 Å². The smallest absolute Gasteiger partial charge is 0.332 e. The number of cyclic esters (lactones) is 3. The number of phenolic OH excluding ortho intramolecular Hbond substituents is 5. The standard InChI is InChI=1S/C30H27N3O15/c34-19-7-1-4-13(22(19)37)25(40)31-16-10-46-29(44)18(33-27(42)15-6-3-9-21(36)24(15)39)12-48-30(45)17(11-47-28(16)43)32-26(41)14-5-2-8-20(35)23(14)38/h1-9,16-18,34-39H,10-12H2,(H,31,40)(H,32,41)(H,33,42)/p-1/t16-,17-,18-/m0/s1. The van der Waals surface area contributed by atoms with Crippen LogP contribution in [-0.4, -0.2) is 99.1 Å². The molecule has 1 aliphatic rings. The highest BCUT2D eigenvalue weighted by Crippen LogP contribution is 2.29. The lowest BCUT2D eigenvalue weighted by atomic mass is 10.1. The molecule has 252 valence electrons. The number of para-hydroxylation sites is 3. The summed E-state index contributed by atoms with van der Waals surface area (Å²) in [5.41, 5.74) is -1.59. The molecule has 0 aliphatic carbocycles. The van der Waals surface area contributed by atoms with Gasteiger partial charge in [0, 0.05) is 5.56 Å². The summed E-state index contributed by atoms with van der Waals surface area (Å²) in [4.78, 5) is 77.8. The maximum Gasteiger partial charge on any atom is 0.332 e. The SMILES string of the molecule is O=C(N[C@H]1COC(=O)[C@@H](NC(=O)c2cccc(O)c2O)COC(=O)[C@@H](NC(=O)c2cccc(O)c2O)COC1=O)c1cccc(O)c1[O-]. The van der Waals surface area contributed by atoms with E-state index < -0.39 is 125 Å². The van der Waals surface area contributed by atoms with Gasteiger partial charge in [-0.15, -0.1) is 0 Å². The Morgan fingerprint density at radius 1 is 0.542 bits per heavy atom. The van der Waals surface area contributed by atoms with E-state index in [0.717, 1.165) is 36.4 Å². The van der Waals surface area contributed by atoms with Crippen LogP contribution in [-0.2, 0) is 28.6 Å². The second-order valence-electron chi connectivity index (χ2n) is 9.97. The Morgan fingerprint density at radius 2 is 0.854 bits per heavy atom. The number of nitrogens with one attached hydrogen (secondary N) is 3. The number of carbonyl (C=O) groups excluding carboxylic acids is 6. The third-order valence-corrected chi connectivity index (χ3v) is 6.70. The predicted octanol–water partition coefficient (Wildman–Crippen LogP) is -1.37. The van der Waals surface area contributed by atoms with Gasteiger partial charge in [0.1, 0.15) is 25.6 Å². The van der Waals surface area contributed by atoms with Crippen molar-refractivity contribution in [1.29, 1.82) is 0 Å². The van der Waals surface area contributed by atoms with Crippen molar-refractivity contribution in [2.45, 2.75) is 18.1 Å². The number of amides is 3. The van der Waals surface area contributed by atoms with Gasteiger partial charge in [-0.3, -0.25) is 14.4 Å². The second-order valence-corrected chi connectivity index (χ2v) is 9.97. The van der Waals surface area contributed by atoms with Gasteiger partial charge in [-0.25, -0.2) is 14.4 Å². The van der Waals surface area contributed by atoms with E-state index in [9.17, 15) is 59.4 Å². The maximum absolute atomic E-state index is 13.1. The molecule has 0 bridgehead atoms. The topological polar surface area (TPSA) is 290 Å². The number of hydrogen-bond donors (Lipinski definition) is 8. The highest BCUT2D eigenvalue weighted by Gasteiger charge is 2.34. The van der Waals surface area contributed by atoms with Crippen LogP contribution in [0.1, 0.15) is 31.1 Å². The lowest BCUT2D eigenvalue weighted by molar-refractivity contribution is -0.270. The zero-order valence-electron chi connectivity index (χ0n) is 24.4. The van der Waals surface area contributed by atoms with Gasteiger partial charge in [-0.1, -0.05) is 23.9 Å². The van der Waals surface area contributed by atoms with E-state index in [1.54, 1.807) is 0 Å². The molecule has 0 unspecified atom stereocenters. The molecule has 8 N–H and O–H groups in total. The first kappa shape index (κ1) is 34.2. The molecular formula is C30H26N3O15-. The van der Waals surface area contributed by atoms with Crippen LogP contribution in [0, 0.1) is 0 Å². The van der Waals surface area contributed by atoms with E-state index >= 15 is 0 Å². The molecule has 1 saturated heterocycles. The minimum atomic E-state index is -1.86. The number of aromatic hydroxyl groups is 5. The lowest BCUT2D eigenvalue weighted by Gasteiger charge is -2.25. The average molecular weight is 669 g/mol. The first-order valence-electron chi connectivity index (χ1n) is 13.7. The van der Waals surface area contributed by atoms with Crippen molar-refractivity contribution in [3.05, 3.63) is 71.3 Å². The van der Waals surface area contributed by atoms with Crippen molar-refractivity contribution in [3.8, 4) is 34.5 Å². The first-order chi connectivity index (χ1) is 22.8. The molecule has 1 aliphatic heterocycles. The quantitative estimate of drug-likeness (QED) is 0.0854. The monoisotopic (exact) mass is 668 g/mol. The van der Waals surface area contributed by atoms with Crippen molar-refractivity contribution >= 4 is 35.6 Å². The summed E-state index contributed by atoms with van der Waals surface area (Å²) >= 11 is 0. The number of benzene rings is 3. The zero-order chi connectivity index (χ0) is 35.1. The van der Waals surface area contributed by atoms with E-state index in [2.05, 4.69) is 16.0 Å². The third-order valence-electron chi connectivity index (χ3n) is 6.70. The molecule has 3 aromatic carbocycles. The molecule has 4 rings (SSSR count). The summed E-state index contributed by atoms with van der Waals surface area (Å²) in [6.07, 6.45) is 0. The van der Waals surface area contributed by atoms with Crippen LogP contribution >= 0.6 is 0 Å². The Hall–Kier alpha value is -6.72. The zero-order valence-corrected chi connectivity index (χ0v) is 24.4. The third kappa shape index (κ3) is 7.73. The fourth-order valence-electron chi connectivity index (χ4n) is 4.14. The molecule has 0 radical (unpaired) electrons. The van der Waals surface area contributed by atoms with Gasteiger partial charge in [0.15, 0.2) is 41.1 Å². The van der Waals surface area contributed by atoms with Crippen LogP contribution in [0.15, 0.2) is 54.6 Å². The Labute approximate surface area is 269 Å². The number of phenols is 5. The Morgan fingerprint density at radius 3 is 1.23 bits per heavy atom. The van der Waals surface area contributed by atoms with Crippen LogP contribution in [0.4, 0.5) is 0 Å². The predicted molar refractivity (Wildman–Crippen MR) is 154 cm³/mol. The Balaban J connectivity index is 1.63. The van der Waals surface area contributed by atoms with E-state index in [-0.39, 0.29) is 0 Å². The molecule has 3 aromatic rings. The second kappa shape index (κ2) is 14.6. The van der Waals surface area contributed by atoms with E-state index in [1.807, 2.05) is 0 Å². The fraction of sp³-hybridized carbons (Fsp3) is 0.200. The van der Waals surface area contributed by atoms with Crippen molar-refractivity contribution in [3.63, 3.8) is 0 Å². The number of rotatable bonds is 6. The molecule has 0 spiro atoms. The van der Waals surface area contributed by atoms with Gasteiger partial charge < -0.3 is 60.8 Å². The van der Waals surface area contributed by atoms with Gasteiger partial charge in [-0.05, 0) is 36.4 Å². The van der Waals surface area contributed by atoms with Crippen LogP contribution in [0.2, 0.25) is 0 Å². The van der Waals surface area contributed by atoms with E-state index in [4.69, 9.17) is 14.2 Å².